The fraction of sp³-hybridized carbons (Fsp3) is 1.00. The Morgan fingerprint density at radius 3 is 2.79 bits per heavy atom. The highest BCUT2D eigenvalue weighted by Gasteiger charge is 2.17. The lowest BCUT2D eigenvalue weighted by Gasteiger charge is -2.21. The van der Waals surface area contributed by atoms with Gasteiger partial charge in [0, 0.05) is 18.7 Å². The van der Waals surface area contributed by atoms with Gasteiger partial charge in [0.05, 0.1) is 0 Å². The van der Waals surface area contributed by atoms with Gasteiger partial charge in [-0.25, -0.2) is 0 Å². The van der Waals surface area contributed by atoms with Crippen LogP contribution in [0.5, 0.6) is 0 Å². The molecule has 0 radical (unpaired) electrons. The van der Waals surface area contributed by atoms with Gasteiger partial charge >= 0.3 is 0 Å². The van der Waals surface area contributed by atoms with Crippen molar-refractivity contribution in [1.82, 2.24) is 5.32 Å². The molecule has 0 aromatic carbocycles. The molecule has 2 N–H and O–H groups in total. The van der Waals surface area contributed by atoms with E-state index in [1.54, 1.807) is 0 Å². The molecule has 1 aliphatic carbocycles. The Balaban J connectivity index is 2.22. The summed E-state index contributed by atoms with van der Waals surface area (Å²) in [6, 6.07) is 1.17. The molecule has 2 heteroatoms. The zero-order chi connectivity index (χ0) is 10.4. The second-order valence-corrected chi connectivity index (χ2v) is 4.89. The molecule has 1 rings (SSSR count). The van der Waals surface area contributed by atoms with Gasteiger partial charge in [-0.3, -0.25) is 0 Å². The zero-order valence-electron chi connectivity index (χ0n) is 9.63. The standard InChI is InChI=1S/C12H25NO/c1-10-4-3-5-12(7-6-10)13-11(2)8-9-14/h10-14H,3-9H2,1-2H3. The van der Waals surface area contributed by atoms with Gasteiger partial charge in [-0.15, -0.1) is 0 Å². The molecule has 14 heavy (non-hydrogen) atoms. The van der Waals surface area contributed by atoms with E-state index in [1.807, 2.05) is 0 Å². The maximum absolute atomic E-state index is 8.82. The van der Waals surface area contributed by atoms with E-state index in [1.165, 1.54) is 32.1 Å². The van der Waals surface area contributed by atoms with Crippen LogP contribution in [0.4, 0.5) is 0 Å². The third-order valence-corrected chi connectivity index (χ3v) is 3.34. The number of aliphatic hydroxyl groups is 1. The first-order valence-electron chi connectivity index (χ1n) is 6.09. The topological polar surface area (TPSA) is 32.3 Å². The molecular formula is C12H25NO. The van der Waals surface area contributed by atoms with Gasteiger partial charge < -0.3 is 10.4 Å². The normalized spacial score (nSPS) is 31.1. The van der Waals surface area contributed by atoms with Crippen LogP contribution in [0.3, 0.4) is 0 Å². The minimum absolute atomic E-state index is 0.303. The Morgan fingerprint density at radius 2 is 2.07 bits per heavy atom. The van der Waals surface area contributed by atoms with Crippen molar-refractivity contribution in [1.29, 1.82) is 0 Å². The molecule has 84 valence electrons. The fourth-order valence-electron chi connectivity index (χ4n) is 2.33. The minimum atomic E-state index is 0.303. The van der Waals surface area contributed by atoms with Gasteiger partial charge in [0.1, 0.15) is 0 Å². The molecule has 0 aliphatic heterocycles. The van der Waals surface area contributed by atoms with E-state index in [-0.39, 0.29) is 0 Å². The average molecular weight is 199 g/mol. The predicted molar refractivity (Wildman–Crippen MR) is 60.3 cm³/mol. The first kappa shape index (κ1) is 12.0. The Hall–Kier alpha value is -0.0800. The summed E-state index contributed by atoms with van der Waals surface area (Å²) in [6.45, 7) is 4.83. The molecule has 1 aliphatic rings. The summed E-state index contributed by atoms with van der Waals surface area (Å²) < 4.78 is 0. The van der Waals surface area contributed by atoms with E-state index in [0.29, 0.717) is 18.7 Å². The third-order valence-electron chi connectivity index (χ3n) is 3.34. The average Bonchev–Trinajstić information content (AvgIpc) is 2.32. The van der Waals surface area contributed by atoms with Crippen LogP contribution in [0.25, 0.3) is 0 Å². The maximum atomic E-state index is 8.82. The van der Waals surface area contributed by atoms with Crippen molar-refractivity contribution in [2.24, 2.45) is 5.92 Å². The van der Waals surface area contributed by atoms with E-state index in [0.717, 1.165) is 12.3 Å². The van der Waals surface area contributed by atoms with Crippen molar-refractivity contribution in [3.8, 4) is 0 Å². The first-order valence-corrected chi connectivity index (χ1v) is 6.09. The Kier molecular flexibility index (Phi) is 5.49. The monoisotopic (exact) mass is 199 g/mol. The highest BCUT2D eigenvalue weighted by molar-refractivity contribution is 4.75. The summed E-state index contributed by atoms with van der Waals surface area (Å²) in [7, 11) is 0. The summed E-state index contributed by atoms with van der Waals surface area (Å²) in [5, 5.41) is 12.4. The smallest absolute Gasteiger partial charge is 0.0445 e. The summed E-state index contributed by atoms with van der Waals surface area (Å²) >= 11 is 0. The molecule has 0 aromatic rings. The summed E-state index contributed by atoms with van der Waals surface area (Å²) in [6.07, 6.45) is 7.64. The van der Waals surface area contributed by atoms with Gasteiger partial charge in [-0.1, -0.05) is 19.8 Å². The van der Waals surface area contributed by atoms with Gasteiger partial charge in [0.2, 0.25) is 0 Å². The maximum Gasteiger partial charge on any atom is 0.0445 e. The summed E-state index contributed by atoms with van der Waals surface area (Å²) in [5.74, 6) is 0.912. The molecule has 0 heterocycles. The molecular weight excluding hydrogens is 174 g/mol. The minimum Gasteiger partial charge on any atom is -0.396 e. The van der Waals surface area contributed by atoms with Crippen LogP contribution in [0.15, 0.2) is 0 Å². The van der Waals surface area contributed by atoms with E-state index < -0.39 is 0 Å². The summed E-state index contributed by atoms with van der Waals surface area (Å²) in [5.41, 5.74) is 0. The molecule has 0 aromatic heterocycles. The number of hydrogen-bond donors (Lipinski definition) is 2. The molecule has 3 unspecified atom stereocenters. The van der Waals surface area contributed by atoms with Crippen molar-refractivity contribution >= 4 is 0 Å². The molecule has 0 saturated heterocycles. The molecule has 0 amide bonds. The molecule has 3 atom stereocenters. The van der Waals surface area contributed by atoms with Crippen LogP contribution in [0.1, 0.15) is 52.4 Å². The van der Waals surface area contributed by atoms with Crippen LogP contribution in [-0.4, -0.2) is 23.8 Å². The largest absolute Gasteiger partial charge is 0.396 e. The van der Waals surface area contributed by atoms with Crippen molar-refractivity contribution < 1.29 is 5.11 Å². The predicted octanol–water partition coefficient (Wildman–Crippen LogP) is 2.32. The van der Waals surface area contributed by atoms with Crippen LogP contribution in [0.2, 0.25) is 0 Å². The van der Waals surface area contributed by atoms with Crippen LogP contribution in [-0.2, 0) is 0 Å². The van der Waals surface area contributed by atoms with Crippen LogP contribution in [0, 0.1) is 5.92 Å². The number of hydrogen-bond acceptors (Lipinski definition) is 2. The van der Waals surface area contributed by atoms with E-state index in [2.05, 4.69) is 19.2 Å². The molecule has 1 saturated carbocycles. The number of rotatable bonds is 4. The molecule has 0 spiro atoms. The molecule has 0 bridgehead atoms. The van der Waals surface area contributed by atoms with Crippen molar-refractivity contribution in [3.63, 3.8) is 0 Å². The Labute approximate surface area is 88.1 Å². The van der Waals surface area contributed by atoms with E-state index >= 15 is 0 Å². The lowest BCUT2D eigenvalue weighted by molar-refractivity contribution is 0.259. The fourth-order valence-corrected chi connectivity index (χ4v) is 2.33. The van der Waals surface area contributed by atoms with E-state index in [9.17, 15) is 0 Å². The second kappa shape index (κ2) is 6.41. The Bertz CT molecular complexity index is 149. The SMILES string of the molecule is CC1CCCC(NC(C)CCO)CC1. The zero-order valence-corrected chi connectivity index (χ0v) is 9.63. The highest BCUT2D eigenvalue weighted by Crippen LogP contribution is 2.22. The summed E-state index contributed by atoms with van der Waals surface area (Å²) in [4.78, 5) is 0. The van der Waals surface area contributed by atoms with E-state index in [4.69, 9.17) is 5.11 Å². The van der Waals surface area contributed by atoms with Crippen molar-refractivity contribution in [3.05, 3.63) is 0 Å². The first-order chi connectivity index (χ1) is 6.72. The van der Waals surface area contributed by atoms with Crippen molar-refractivity contribution in [2.45, 2.75) is 64.5 Å². The number of nitrogens with one attached hydrogen (secondary N) is 1. The van der Waals surface area contributed by atoms with Gasteiger partial charge in [-0.05, 0) is 38.5 Å². The lowest BCUT2D eigenvalue weighted by atomic mass is 10.0. The van der Waals surface area contributed by atoms with Crippen LogP contribution < -0.4 is 5.32 Å². The molecule has 1 fully saturated rings. The highest BCUT2D eigenvalue weighted by atomic mass is 16.3. The second-order valence-electron chi connectivity index (χ2n) is 4.89. The van der Waals surface area contributed by atoms with Crippen molar-refractivity contribution in [2.75, 3.05) is 6.61 Å². The third kappa shape index (κ3) is 4.43. The van der Waals surface area contributed by atoms with Gasteiger partial charge in [-0.2, -0.15) is 0 Å². The van der Waals surface area contributed by atoms with Gasteiger partial charge in [0.25, 0.3) is 0 Å². The molecule has 2 nitrogen and oxygen atoms in total. The van der Waals surface area contributed by atoms with Gasteiger partial charge in [0.15, 0.2) is 0 Å². The quantitative estimate of drug-likeness (QED) is 0.681. The number of aliphatic hydroxyl groups excluding tert-OH is 1. The lowest BCUT2D eigenvalue weighted by Crippen LogP contribution is -2.36. The Morgan fingerprint density at radius 1 is 1.29 bits per heavy atom. The van der Waals surface area contributed by atoms with Crippen LogP contribution >= 0.6 is 0 Å².